The van der Waals surface area contributed by atoms with Gasteiger partial charge in [-0.25, -0.2) is 0 Å². The quantitative estimate of drug-likeness (QED) is 0.131. The van der Waals surface area contributed by atoms with Gasteiger partial charge in [-0.15, -0.1) is 0 Å². The Morgan fingerprint density at radius 1 is 0.764 bits per heavy atom. The number of fused-ring (bicyclic) bond motifs is 13. The maximum Gasteiger partial charge on any atom is 0.222 e. The third-order valence-corrected chi connectivity index (χ3v) is 15.4. The van der Waals surface area contributed by atoms with Gasteiger partial charge in [0.15, 0.2) is 24.1 Å². The van der Waals surface area contributed by atoms with Crippen molar-refractivity contribution >= 4 is 40.9 Å². The summed E-state index contributed by atoms with van der Waals surface area (Å²) in [6, 6.07) is 39.0. The molecule has 2 unspecified atom stereocenters. The topological polar surface area (TPSA) is 20.9 Å². The highest BCUT2D eigenvalue weighted by atomic mass is 28.3. The number of furan rings is 1. The van der Waals surface area contributed by atoms with Crippen LogP contribution in [0, 0.1) is 6.92 Å². The number of para-hydroxylation sites is 1. The lowest BCUT2D eigenvalue weighted by molar-refractivity contribution is -0.719. The Morgan fingerprint density at radius 3 is 2.35 bits per heavy atom. The molecule has 1 fully saturated rings. The molecule has 1 saturated carbocycles. The SMILES string of the molecule is C=C1CC2C(CCc3cc(-c4ccccc4)c4c(oc5ccccc54)c3-c3cc(C4CCCCC4)cc[n+]31)c1ccccc1-c1cc(C)c([Si](C)(C)C)c[n+]12. The maximum atomic E-state index is 7.08. The second-order valence-corrected chi connectivity index (χ2v) is 22.7. The van der Waals surface area contributed by atoms with Crippen molar-refractivity contribution in [3.05, 3.63) is 144 Å². The van der Waals surface area contributed by atoms with Crippen LogP contribution in [0.1, 0.15) is 85.1 Å². The first-order valence-corrected chi connectivity index (χ1v) is 24.2. The van der Waals surface area contributed by atoms with Gasteiger partial charge in [0.25, 0.3) is 0 Å². The normalized spacial score (nSPS) is 18.7. The van der Waals surface area contributed by atoms with E-state index in [1.807, 2.05) is 0 Å². The molecule has 0 bridgehead atoms. The summed E-state index contributed by atoms with van der Waals surface area (Å²) < 4.78 is 12.2. The Morgan fingerprint density at radius 2 is 1.53 bits per heavy atom. The lowest BCUT2D eigenvalue weighted by Crippen LogP contribution is -2.54. The number of allylic oxidation sites excluding steroid dienone is 1. The van der Waals surface area contributed by atoms with Gasteiger partial charge >= 0.3 is 0 Å². The average Bonchev–Trinajstić information content (AvgIpc) is 3.59. The number of benzene rings is 4. The van der Waals surface area contributed by atoms with E-state index in [9.17, 15) is 0 Å². The summed E-state index contributed by atoms with van der Waals surface area (Å²) in [6.45, 7) is 14.7. The van der Waals surface area contributed by atoms with Gasteiger partial charge in [0.2, 0.25) is 11.4 Å². The molecule has 274 valence electrons. The van der Waals surface area contributed by atoms with Crippen molar-refractivity contribution in [1.29, 1.82) is 0 Å². The van der Waals surface area contributed by atoms with Crippen LogP contribution >= 0.6 is 0 Å². The molecule has 2 aliphatic heterocycles. The van der Waals surface area contributed by atoms with E-state index in [0.717, 1.165) is 36.1 Å². The summed E-state index contributed by atoms with van der Waals surface area (Å²) in [7, 11) is -1.61. The number of nitrogens with zero attached hydrogens (tertiary/aromatic N) is 2. The number of pyridine rings is 2. The van der Waals surface area contributed by atoms with Crippen molar-refractivity contribution in [2.45, 2.75) is 95.8 Å². The smallest absolute Gasteiger partial charge is 0.222 e. The van der Waals surface area contributed by atoms with Crippen molar-refractivity contribution in [3.63, 3.8) is 0 Å². The Kier molecular flexibility index (Phi) is 8.33. The zero-order chi connectivity index (χ0) is 37.4. The highest BCUT2D eigenvalue weighted by Crippen LogP contribution is 2.48. The van der Waals surface area contributed by atoms with Gasteiger partial charge in [-0.05, 0) is 96.7 Å². The highest BCUT2D eigenvalue weighted by Gasteiger charge is 2.44. The van der Waals surface area contributed by atoms with Crippen molar-refractivity contribution in [2.75, 3.05) is 0 Å². The van der Waals surface area contributed by atoms with Gasteiger partial charge in [0.1, 0.15) is 11.2 Å². The van der Waals surface area contributed by atoms with Gasteiger partial charge in [-0.3, -0.25) is 0 Å². The van der Waals surface area contributed by atoms with E-state index in [2.05, 4.69) is 151 Å². The molecule has 1 aliphatic carbocycles. The van der Waals surface area contributed by atoms with Crippen molar-refractivity contribution in [2.24, 2.45) is 0 Å². The van der Waals surface area contributed by atoms with Crippen LogP contribution in [0.4, 0.5) is 0 Å². The molecule has 3 aromatic heterocycles. The number of aryl methyl sites for hydroxylation is 2. The summed E-state index contributed by atoms with van der Waals surface area (Å²) in [6.07, 6.45) is 14.3. The monoisotopic (exact) mass is 736 g/mol. The Labute approximate surface area is 327 Å². The lowest BCUT2D eigenvalue weighted by Gasteiger charge is -2.33. The predicted molar refractivity (Wildman–Crippen MR) is 230 cm³/mol. The van der Waals surface area contributed by atoms with E-state index >= 15 is 0 Å². The largest absolute Gasteiger partial charge is 0.455 e. The second-order valence-electron chi connectivity index (χ2n) is 17.7. The minimum atomic E-state index is -1.61. The molecule has 4 heteroatoms. The molecule has 3 aliphatic rings. The highest BCUT2D eigenvalue weighted by molar-refractivity contribution is 6.88. The summed E-state index contributed by atoms with van der Waals surface area (Å²) in [5.74, 6) is 0.914. The second kappa shape index (κ2) is 13.3. The summed E-state index contributed by atoms with van der Waals surface area (Å²) in [4.78, 5) is 0. The number of aromatic nitrogens is 2. The van der Waals surface area contributed by atoms with E-state index in [1.54, 1.807) is 5.19 Å². The Bertz CT molecular complexity index is 2640. The van der Waals surface area contributed by atoms with Gasteiger partial charge in [0, 0.05) is 45.6 Å². The van der Waals surface area contributed by atoms with Gasteiger partial charge in [-0.1, -0.05) is 106 Å². The van der Waals surface area contributed by atoms with Gasteiger partial charge in [0.05, 0.1) is 20.1 Å². The molecule has 2 atom stereocenters. The van der Waals surface area contributed by atoms with Crippen LogP contribution in [-0.4, -0.2) is 8.07 Å². The third kappa shape index (κ3) is 5.75. The molecular formula is C51H52N2OSi+2. The van der Waals surface area contributed by atoms with Crippen LogP contribution < -0.4 is 14.3 Å². The fourth-order valence-electron chi connectivity index (χ4n) is 10.6. The Hall–Kier alpha value is -5.06. The predicted octanol–water partition coefficient (Wildman–Crippen LogP) is 12.2. The fourth-order valence-corrected chi connectivity index (χ4v) is 12.4. The van der Waals surface area contributed by atoms with Crippen molar-refractivity contribution in [3.8, 4) is 33.6 Å². The third-order valence-electron chi connectivity index (χ3n) is 13.2. The van der Waals surface area contributed by atoms with Crippen LogP contribution in [0.2, 0.25) is 19.6 Å². The van der Waals surface area contributed by atoms with E-state index in [-0.39, 0.29) is 6.04 Å². The maximum absolute atomic E-state index is 7.08. The molecule has 7 aromatic rings. The number of hydrogen-bond donors (Lipinski definition) is 0. The van der Waals surface area contributed by atoms with Crippen LogP contribution in [-0.2, 0) is 6.42 Å². The van der Waals surface area contributed by atoms with Crippen molar-refractivity contribution in [1.82, 2.24) is 0 Å². The van der Waals surface area contributed by atoms with Crippen LogP contribution in [0.15, 0.2) is 127 Å². The fraction of sp³-hybridized carbons (Fsp3) is 0.294. The molecule has 5 heterocycles. The molecule has 0 spiro atoms. The van der Waals surface area contributed by atoms with Crippen LogP contribution in [0.3, 0.4) is 0 Å². The number of rotatable bonds is 3. The zero-order valence-electron chi connectivity index (χ0n) is 32.9. The zero-order valence-corrected chi connectivity index (χ0v) is 33.9. The molecule has 0 amide bonds. The standard InChI is InChI=1S/C51H52N2OSi/c1-33-28-44-40-21-13-12-20-39(40)41-25-24-38-30-43(36-18-10-7-11-19-36)50-42-22-14-15-23-47(42)54-51(50)49(38)46-31-37(35-16-8-6-9-17-35)26-27-52(46)34(2)29-45(41)53(44)32-48(33)55(3,4)5/h7,10-15,18-23,26-28,30-32,35,41,45H,2,6,8-9,16-17,24-25,29H2,1,3-5H3/q+2. The summed E-state index contributed by atoms with van der Waals surface area (Å²) >= 11 is 0. The number of hydrogen-bond acceptors (Lipinski definition) is 1. The van der Waals surface area contributed by atoms with E-state index in [0.29, 0.717) is 11.8 Å². The molecule has 0 radical (unpaired) electrons. The van der Waals surface area contributed by atoms with E-state index in [1.165, 1.54) is 98.8 Å². The minimum Gasteiger partial charge on any atom is -0.455 e. The summed E-state index contributed by atoms with van der Waals surface area (Å²) in [5, 5.41) is 3.93. The van der Waals surface area contributed by atoms with Crippen LogP contribution in [0.5, 0.6) is 0 Å². The lowest BCUT2D eigenvalue weighted by atomic mass is 9.76. The first-order chi connectivity index (χ1) is 26.7. The van der Waals surface area contributed by atoms with E-state index in [4.69, 9.17) is 11.0 Å². The van der Waals surface area contributed by atoms with Gasteiger partial charge in [-0.2, -0.15) is 9.13 Å². The van der Waals surface area contributed by atoms with Crippen LogP contribution in [0.25, 0.3) is 61.3 Å². The molecule has 55 heavy (non-hydrogen) atoms. The average molecular weight is 737 g/mol. The Balaban J connectivity index is 1.25. The minimum absolute atomic E-state index is 0.247. The molecule has 3 nitrogen and oxygen atoms in total. The molecular weight excluding hydrogens is 685 g/mol. The molecule has 10 rings (SSSR count). The molecule has 4 aromatic carbocycles. The first kappa shape index (κ1) is 34.4. The molecule has 0 saturated heterocycles. The van der Waals surface area contributed by atoms with E-state index < -0.39 is 8.07 Å². The van der Waals surface area contributed by atoms with Crippen molar-refractivity contribution < 1.29 is 13.6 Å². The van der Waals surface area contributed by atoms with Gasteiger partial charge < -0.3 is 4.42 Å². The molecule has 0 N–H and O–H groups in total. The first-order valence-electron chi connectivity index (χ1n) is 20.7. The summed E-state index contributed by atoms with van der Waals surface area (Å²) in [5.41, 5.74) is 16.4.